The number of hydrogen-bond acceptors (Lipinski definition) is 5. The van der Waals surface area contributed by atoms with Crippen LogP contribution >= 0.6 is 0 Å². The molecule has 158 valence electrons. The van der Waals surface area contributed by atoms with Crippen molar-refractivity contribution < 1.29 is 26.3 Å². The number of aromatic amines is 1. The highest BCUT2D eigenvalue weighted by atomic mass is 32.2. The zero-order chi connectivity index (χ0) is 20.8. The Balaban J connectivity index is 1.47. The Labute approximate surface area is 164 Å². The van der Waals surface area contributed by atoms with E-state index in [1.807, 2.05) is 17.4 Å². The maximum atomic E-state index is 12.3. The molecule has 0 amide bonds. The highest BCUT2D eigenvalue weighted by Gasteiger charge is 2.36. The number of ether oxygens (including phenoxy) is 1. The van der Waals surface area contributed by atoms with Gasteiger partial charge in [-0.3, -0.25) is 4.40 Å². The first-order valence-corrected chi connectivity index (χ1v) is 10.8. The second-order valence-corrected chi connectivity index (χ2v) is 9.20. The molecule has 3 atom stereocenters. The molecule has 29 heavy (non-hydrogen) atoms. The number of nitrogens with one attached hydrogen (secondary N) is 2. The van der Waals surface area contributed by atoms with E-state index in [0.717, 1.165) is 11.2 Å². The number of hydrogen-bond donors (Lipinski definition) is 2. The number of imidazole rings is 1. The lowest BCUT2D eigenvalue weighted by atomic mass is 10.00. The molecule has 0 bridgehead atoms. The molecule has 3 aromatic rings. The molecule has 0 spiro atoms. The first kappa shape index (κ1) is 20.1. The largest absolute Gasteiger partial charge is 0.390 e. The molecule has 4 heterocycles. The lowest BCUT2D eigenvalue weighted by Gasteiger charge is -2.16. The van der Waals surface area contributed by atoms with Crippen LogP contribution in [0, 0.1) is 5.92 Å². The Hall–Kier alpha value is -2.18. The molecular formula is C17H20F3N5O3S. The molecule has 2 N–H and O–H groups in total. The van der Waals surface area contributed by atoms with Crippen molar-refractivity contribution in [2.24, 2.45) is 5.92 Å². The van der Waals surface area contributed by atoms with Gasteiger partial charge in [-0.2, -0.15) is 13.2 Å². The van der Waals surface area contributed by atoms with Crippen LogP contribution in [0.25, 0.3) is 16.8 Å². The lowest BCUT2D eigenvalue weighted by molar-refractivity contribution is -0.130. The van der Waals surface area contributed by atoms with E-state index in [2.05, 4.69) is 19.7 Å². The minimum Gasteiger partial charge on any atom is -0.367 e. The molecule has 4 rings (SSSR count). The maximum Gasteiger partial charge on any atom is 0.390 e. The Kier molecular flexibility index (Phi) is 5.03. The summed E-state index contributed by atoms with van der Waals surface area (Å²) in [7, 11) is -4.03. The van der Waals surface area contributed by atoms with Gasteiger partial charge >= 0.3 is 6.18 Å². The fourth-order valence-corrected chi connectivity index (χ4v) is 4.75. The van der Waals surface area contributed by atoms with E-state index in [9.17, 15) is 21.6 Å². The standard InChI is InChI=1S/C17H20F3N5O3S/c1-10-6-11(7-24-29(26,27)5-3-17(18,19)20)28-15(10)13-8-22-14-9-23-16-12(25(13)14)2-4-21-16/h2,4,8-11,15,21,24H,3,5-7H2,1H3/t10-,11-,15+/m1/s1. The van der Waals surface area contributed by atoms with Gasteiger partial charge in [0.15, 0.2) is 11.3 Å². The molecule has 1 aliphatic rings. The summed E-state index contributed by atoms with van der Waals surface area (Å²) in [6, 6.07) is 1.88. The van der Waals surface area contributed by atoms with Crippen molar-refractivity contribution in [3.8, 4) is 0 Å². The van der Waals surface area contributed by atoms with Gasteiger partial charge in [-0.25, -0.2) is 23.1 Å². The van der Waals surface area contributed by atoms with Gasteiger partial charge < -0.3 is 9.72 Å². The van der Waals surface area contributed by atoms with Crippen molar-refractivity contribution >= 4 is 26.8 Å². The average molecular weight is 431 g/mol. The summed E-state index contributed by atoms with van der Waals surface area (Å²) in [5, 5.41) is 0. The van der Waals surface area contributed by atoms with Gasteiger partial charge in [-0.05, 0) is 18.4 Å². The van der Waals surface area contributed by atoms with Crippen molar-refractivity contribution in [3.63, 3.8) is 0 Å². The third-order valence-electron chi connectivity index (χ3n) is 5.04. The van der Waals surface area contributed by atoms with Crippen molar-refractivity contribution in [2.75, 3.05) is 12.3 Å². The van der Waals surface area contributed by atoms with Crippen LogP contribution in [0.4, 0.5) is 13.2 Å². The Bertz CT molecular complexity index is 1120. The smallest absolute Gasteiger partial charge is 0.367 e. The summed E-state index contributed by atoms with van der Waals surface area (Å²) in [5.74, 6) is -0.921. The minimum atomic E-state index is -4.51. The predicted octanol–water partition coefficient (Wildman–Crippen LogP) is 2.55. The Morgan fingerprint density at radius 2 is 2.14 bits per heavy atom. The van der Waals surface area contributed by atoms with Gasteiger partial charge in [0.2, 0.25) is 10.0 Å². The minimum absolute atomic E-state index is 0.0705. The topological polar surface area (TPSA) is 101 Å². The van der Waals surface area contributed by atoms with Gasteiger partial charge in [0.1, 0.15) is 6.10 Å². The zero-order valence-corrected chi connectivity index (χ0v) is 16.3. The number of rotatable bonds is 6. The SMILES string of the molecule is C[C@@H]1C[C@H](CNS(=O)(=O)CCC(F)(F)F)O[C@@H]1c1cnc2cnc3[nH]ccc3n12. The van der Waals surface area contributed by atoms with Crippen LogP contribution in [0.15, 0.2) is 24.7 Å². The third-order valence-corrected chi connectivity index (χ3v) is 6.39. The van der Waals surface area contributed by atoms with Crippen LogP contribution in [0.1, 0.15) is 31.6 Å². The molecular weight excluding hydrogens is 411 g/mol. The highest BCUT2D eigenvalue weighted by molar-refractivity contribution is 7.89. The normalized spacial score (nSPS) is 23.4. The molecule has 8 nitrogen and oxygen atoms in total. The molecule has 0 aliphatic carbocycles. The third kappa shape index (κ3) is 4.23. The predicted molar refractivity (Wildman–Crippen MR) is 98.7 cm³/mol. The number of H-pyrrole nitrogens is 1. The second-order valence-electron chi connectivity index (χ2n) is 7.27. The molecule has 1 saturated heterocycles. The van der Waals surface area contributed by atoms with E-state index in [-0.39, 0.29) is 18.6 Å². The van der Waals surface area contributed by atoms with Gasteiger partial charge in [-0.15, -0.1) is 0 Å². The van der Waals surface area contributed by atoms with Crippen LogP contribution in [-0.2, 0) is 14.8 Å². The van der Waals surface area contributed by atoms with Gasteiger partial charge in [0.05, 0.1) is 41.9 Å². The quantitative estimate of drug-likeness (QED) is 0.625. The van der Waals surface area contributed by atoms with Crippen molar-refractivity contribution in [3.05, 3.63) is 30.4 Å². The van der Waals surface area contributed by atoms with E-state index in [1.54, 1.807) is 18.6 Å². The van der Waals surface area contributed by atoms with E-state index in [1.165, 1.54) is 0 Å². The molecule has 0 unspecified atom stereocenters. The van der Waals surface area contributed by atoms with Gasteiger partial charge in [0, 0.05) is 12.7 Å². The number of sulfonamides is 1. The van der Waals surface area contributed by atoms with Crippen molar-refractivity contribution in [2.45, 2.75) is 38.1 Å². The van der Waals surface area contributed by atoms with Crippen molar-refractivity contribution in [1.82, 2.24) is 24.1 Å². The summed E-state index contributed by atoms with van der Waals surface area (Å²) < 4.78 is 70.7. The number of fused-ring (bicyclic) bond motifs is 3. The summed E-state index contributed by atoms with van der Waals surface area (Å²) in [5.41, 5.74) is 3.04. The molecule has 1 fully saturated rings. The summed E-state index contributed by atoms with van der Waals surface area (Å²) >= 11 is 0. The molecule has 0 aromatic carbocycles. The lowest BCUT2D eigenvalue weighted by Crippen LogP contribution is -2.34. The average Bonchev–Trinajstić information content (AvgIpc) is 3.34. The van der Waals surface area contributed by atoms with E-state index in [4.69, 9.17) is 4.74 Å². The van der Waals surface area contributed by atoms with Crippen LogP contribution in [-0.4, -0.2) is 52.3 Å². The van der Waals surface area contributed by atoms with E-state index < -0.39 is 34.5 Å². The summed E-state index contributed by atoms with van der Waals surface area (Å²) in [6.45, 7) is 1.91. The van der Waals surface area contributed by atoms with Gasteiger partial charge in [0.25, 0.3) is 0 Å². The van der Waals surface area contributed by atoms with Crippen LogP contribution in [0.5, 0.6) is 0 Å². The Morgan fingerprint density at radius 3 is 2.90 bits per heavy atom. The highest BCUT2D eigenvalue weighted by Crippen LogP contribution is 2.38. The second kappa shape index (κ2) is 7.26. The van der Waals surface area contributed by atoms with E-state index >= 15 is 0 Å². The fourth-order valence-electron chi connectivity index (χ4n) is 3.66. The number of nitrogens with zero attached hydrogens (tertiary/aromatic N) is 3. The van der Waals surface area contributed by atoms with E-state index in [0.29, 0.717) is 17.7 Å². The monoisotopic (exact) mass is 431 g/mol. The zero-order valence-electron chi connectivity index (χ0n) is 15.5. The molecule has 0 saturated carbocycles. The van der Waals surface area contributed by atoms with Crippen molar-refractivity contribution in [1.29, 1.82) is 0 Å². The van der Waals surface area contributed by atoms with Crippen LogP contribution in [0.2, 0.25) is 0 Å². The summed E-state index contributed by atoms with van der Waals surface area (Å²) in [4.78, 5) is 11.7. The molecule has 3 aromatic heterocycles. The number of aromatic nitrogens is 4. The molecule has 12 heteroatoms. The molecule has 1 aliphatic heterocycles. The van der Waals surface area contributed by atoms with Crippen LogP contribution < -0.4 is 4.72 Å². The van der Waals surface area contributed by atoms with Gasteiger partial charge in [-0.1, -0.05) is 6.92 Å². The Morgan fingerprint density at radius 1 is 1.34 bits per heavy atom. The first-order valence-electron chi connectivity index (χ1n) is 9.12. The first-order chi connectivity index (χ1) is 13.6. The molecule has 0 radical (unpaired) electrons. The number of halogens is 3. The fraction of sp³-hybridized carbons (Fsp3) is 0.529. The number of alkyl halides is 3. The summed E-state index contributed by atoms with van der Waals surface area (Å²) in [6.07, 6.45) is -0.955. The maximum absolute atomic E-state index is 12.3. The van der Waals surface area contributed by atoms with Crippen LogP contribution in [0.3, 0.4) is 0 Å².